The zero-order chi connectivity index (χ0) is 19.7. The minimum absolute atomic E-state index is 0.0995. The van der Waals surface area contributed by atoms with Crippen molar-refractivity contribution >= 4 is 29.3 Å². The highest BCUT2D eigenvalue weighted by Crippen LogP contribution is 2.69. The summed E-state index contributed by atoms with van der Waals surface area (Å²) in [6, 6.07) is 25.9. The van der Waals surface area contributed by atoms with Gasteiger partial charge in [0.1, 0.15) is 0 Å². The minimum atomic E-state index is 0.0995. The zero-order valence-electron chi connectivity index (χ0n) is 16.4. The average Bonchev–Trinajstić information content (AvgIpc) is 3.39. The van der Waals surface area contributed by atoms with Crippen LogP contribution < -0.4 is 0 Å². The van der Waals surface area contributed by atoms with Crippen LogP contribution in [0.25, 0.3) is 0 Å². The summed E-state index contributed by atoms with van der Waals surface area (Å²) < 4.78 is 0.0995. The monoisotopic (exact) mass is 404 g/mol. The number of carbonyl (C=O) groups excluding carboxylic acids is 1. The maximum atomic E-state index is 11.6. The lowest BCUT2D eigenvalue weighted by Crippen LogP contribution is -2.01. The van der Waals surface area contributed by atoms with Crippen LogP contribution in [-0.2, 0) is 0 Å². The van der Waals surface area contributed by atoms with Crippen LogP contribution in [0.15, 0.2) is 82.6 Å². The van der Waals surface area contributed by atoms with Gasteiger partial charge in [0, 0.05) is 21.3 Å². The third-order valence-electron chi connectivity index (χ3n) is 5.20. The van der Waals surface area contributed by atoms with Crippen LogP contribution >= 0.6 is 23.5 Å². The lowest BCUT2D eigenvalue weighted by molar-refractivity contribution is 0.101. The SMILES string of the molecule is CC(=O)c1ccc(C2CC2(Sc2ccc(C)cc2)Sc2ccc(C)cc2)cc1. The van der Waals surface area contributed by atoms with Gasteiger partial charge in [-0.15, -0.1) is 23.5 Å². The fraction of sp³-hybridized carbons (Fsp3) is 0.240. The van der Waals surface area contributed by atoms with E-state index in [0.717, 1.165) is 12.0 Å². The molecule has 0 aromatic heterocycles. The third-order valence-corrected chi connectivity index (χ3v) is 8.31. The number of hydrogen-bond acceptors (Lipinski definition) is 3. The van der Waals surface area contributed by atoms with E-state index in [4.69, 9.17) is 0 Å². The van der Waals surface area contributed by atoms with Gasteiger partial charge >= 0.3 is 0 Å². The molecule has 3 heteroatoms. The Labute approximate surface area is 176 Å². The van der Waals surface area contributed by atoms with E-state index >= 15 is 0 Å². The molecule has 1 atom stereocenters. The molecule has 142 valence electrons. The second kappa shape index (κ2) is 7.81. The number of Topliss-reactive ketones (excluding diaryl/α,β-unsaturated/α-hetero) is 1. The molecule has 3 aromatic rings. The molecule has 0 amide bonds. The van der Waals surface area contributed by atoms with Gasteiger partial charge in [-0.1, -0.05) is 59.7 Å². The summed E-state index contributed by atoms with van der Waals surface area (Å²) in [5.41, 5.74) is 4.69. The maximum Gasteiger partial charge on any atom is 0.159 e. The Hall–Kier alpha value is -1.97. The highest BCUT2D eigenvalue weighted by molar-refractivity contribution is 8.18. The number of hydrogen-bond donors (Lipinski definition) is 0. The summed E-state index contributed by atoms with van der Waals surface area (Å²) in [5, 5.41) is 0. The Kier molecular flexibility index (Phi) is 5.39. The topological polar surface area (TPSA) is 17.1 Å². The number of thioether (sulfide) groups is 2. The third kappa shape index (κ3) is 4.21. The van der Waals surface area contributed by atoms with Crippen LogP contribution in [0, 0.1) is 13.8 Å². The van der Waals surface area contributed by atoms with Crippen LogP contribution in [-0.4, -0.2) is 9.86 Å². The Balaban J connectivity index is 1.61. The van der Waals surface area contributed by atoms with Crippen molar-refractivity contribution in [3.63, 3.8) is 0 Å². The first-order valence-electron chi connectivity index (χ1n) is 9.57. The van der Waals surface area contributed by atoms with E-state index in [0.29, 0.717) is 5.92 Å². The van der Waals surface area contributed by atoms with Crippen molar-refractivity contribution in [3.8, 4) is 0 Å². The molecular formula is C25H24OS2. The predicted molar refractivity (Wildman–Crippen MR) is 121 cm³/mol. The first kappa shape index (κ1) is 19.4. The number of carbonyl (C=O) groups is 1. The van der Waals surface area contributed by atoms with Crippen LogP contribution in [0.1, 0.15) is 46.3 Å². The number of benzene rings is 3. The van der Waals surface area contributed by atoms with Gasteiger partial charge in [0.05, 0.1) is 4.08 Å². The molecule has 4 rings (SSSR count). The summed E-state index contributed by atoms with van der Waals surface area (Å²) in [6.45, 7) is 5.88. The number of aryl methyl sites for hydroxylation is 2. The smallest absolute Gasteiger partial charge is 0.159 e. The van der Waals surface area contributed by atoms with Crippen molar-refractivity contribution in [2.24, 2.45) is 0 Å². The highest BCUT2D eigenvalue weighted by atomic mass is 32.2. The van der Waals surface area contributed by atoms with Gasteiger partial charge in [0.15, 0.2) is 5.78 Å². The molecule has 1 fully saturated rings. The van der Waals surface area contributed by atoms with Crippen molar-refractivity contribution in [1.29, 1.82) is 0 Å². The van der Waals surface area contributed by atoms with E-state index in [2.05, 4.69) is 74.5 Å². The molecule has 3 aromatic carbocycles. The van der Waals surface area contributed by atoms with E-state index in [-0.39, 0.29) is 9.86 Å². The van der Waals surface area contributed by atoms with Gasteiger partial charge in [-0.05, 0) is 57.0 Å². The average molecular weight is 405 g/mol. The molecule has 1 aliphatic rings. The molecule has 0 heterocycles. The van der Waals surface area contributed by atoms with Crippen molar-refractivity contribution in [2.75, 3.05) is 0 Å². The second-order valence-corrected chi connectivity index (χ2v) is 10.6. The summed E-state index contributed by atoms with van der Waals surface area (Å²) in [4.78, 5) is 14.2. The van der Waals surface area contributed by atoms with Crippen molar-refractivity contribution in [3.05, 3.63) is 95.1 Å². The van der Waals surface area contributed by atoms with E-state index in [1.165, 1.54) is 26.5 Å². The predicted octanol–water partition coefficient (Wildman–Crippen LogP) is 7.27. The fourth-order valence-corrected chi connectivity index (χ4v) is 6.55. The van der Waals surface area contributed by atoms with Gasteiger partial charge in [-0.25, -0.2) is 0 Å². The molecule has 1 aliphatic carbocycles. The Bertz CT molecular complexity index is 925. The summed E-state index contributed by atoms with van der Waals surface area (Å²) >= 11 is 3.95. The quantitative estimate of drug-likeness (QED) is 0.317. The molecule has 0 aliphatic heterocycles. The summed E-state index contributed by atoms with van der Waals surface area (Å²) in [6.07, 6.45) is 1.13. The summed E-state index contributed by atoms with van der Waals surface area (Å²) in [5.74, 6) is 0.600. The lowest BCUT2D eigenvalue weighted by Gasteiger charge is -2.18. The fourth-order valence-electron chi connectivity index (χ4n) is 3.41. The molecule has 0 bridgehead atoms. The first-order valence-corrected chi connectivity index (χ1v) is 11.2. The molecule has 1 nitrogen and oxygen atoms in total. The van der Waals surface area contributed by atoms with Crippen LogP contribution in [0.4, 0.5) is 0 Å². The molecule has 1 unspecified atom stereocenters. The normalized spacial score (nSPS) is 17.3. The number of ketones is 1. The molecular weight excluding hydrogens is 380 g/mol. The lowest BCUT2D eigenvalue weighted by atomic mass is 10.1. The van der Waals surface area contributed by atoms with Crippen molar-refractivity contribution < 1.29 is 4.79 Å². The van der Waals surface area contributed by atoms with Gasteiger partial charge in [-0.3, -0.25) is 4.79 Å². The van der Waals surface area contributed by atoms with Crippen LogP contribution in [0.2, 0.25) is 0 Å². The van der Waals surface area contributed by atoms with Crippen molar-refractivity contribution in [2.45, 2.75) is 47.0 Å². The van der Waals surface area contributed by atoms with Crippen LogP contribution in [0.5, 0.6) is 0 Å². The molecule has 0 saturated heterocycles. The molecule has 28 heavy (non-hydrogen) atoms. The van der Waals surface area contributed by atoms with E-state index in [1.54, 1.807) is 6.92 Å². The Morgan fingerprint density at radius 1 is 0.786 bits per heavy atom. The van der Waals surface area contributed by atoms with Crippen molar-refractivity contribution in [1.82, 2.24) is 0 Å². The Morgan fingerprint density at radius 3 is 1.68 bits per heavy atom. The molecule has 0 radical (unpaired) electrons. The molecule has 0 N–H and O–H groups in total. The van der Waals surface area contributed by atoms with E-state index < -0.39 is 0 Å². The maximum absolute atomic E-state index is 11.6. The Morgan fingerprint density at radius 2 is 1.25 bits per heavy atom. The first-order chi connectivity index (χ1) is 13.4. The second-order valence-electron chi connectivity index (χ2n) is 7.58. The summed E-state index contributed by atoms with van der Waals surface area (Å²) in [7, 11) is 0. The van der Waals surface area contributed by atoms with Gasteiger partial charge < -0.3 is 0 Å². The van der Waals surface area contributed by atoms with E-state index in [9.17, 15) is 4.79 Å². The number of rotatable bonds is 6. The van der Waals surface area contributed by atoms with Gasteiger partial charge in [-0.2, -0.15) is 0 Å². The highest BCUT2D eigenvalue weighted by Gasteiger charge is 2.56. The zero-order valence-corrected chi connectivity index (χ0v) is 18.1. The van der Waals surface area contributed by atoms with E-state index in [1.807, 2.05) is 35.7 Å². The molecule has 0 spiro atoms. The minimum Gasteiger partial charge on any atom is -0.295 e. The van der Waals surface area contributed by atoms with Gasteiger partial charge in [0.2, 0.25) is 0 Å². The van der Waals surface area contributed by atoms with Crippen LogP contribution in [0.3, 0.4) is 0 Å². The standard InChI is InChI=1S/C25H24OS2/c1-17-4-12-22(13-5-17)27-25(28-23-14-6-18(2)7-15-23)16-24(25)21-10-8-20(9-11-21)19(3)26/h4-15,24H,16H2,1-3H3. The molecule has 1 saturated carbocycles. The largest absolute Gasteiger partial charge is 0.295 e. The van der Waals surface area contributed by atoms with Gasteiger partial charge in [0.25, 0.3) is 0 Å².